The third-order valence-electron chi connectivity index (χ3n) is 0.261. The number of primary amides is 1. The highest BCUT2D eigenvalue weighted by Crippen LogP contribution is 1.72. The molecule has 8 heavy (non-hydrogen) atoms. The minimum Gasteiger partial charge on any atom is -0.369 e. The molecule has 1 amide bonds. The van der Waals surface area contributed by atoms with E-state index >= 15 is 0 Å². The predicted molar refractivity (Wildman–Crippen MR) is 39.7 cm³/mol. The van der Waals surface area contributed by atoms with Crippen LogP contribution in [0.3, 0.4) is 0 Å². The molecule has 1 aliphatic rings. The maximum atomic E-state index is 9.58. The Hall–Kier alpha value is -0.330. The topological polar surface area (TPSA) is 77.4 Å². The molecule has 1 aliphatic heterocycles. The van der Waals surface area contributed by atoms with Gasteiger partial charge in [-0.05, 0) is 0 Å². The van der Waals surface area contributed by atoms with Crippen molar-refractivity contribution in [2.24, 2.45) is 10.8 Å². The van der Waals surface area contributed by atoms with Crippen molar-refractivity contribution in [1.29, 1.82) is 0 Å². The van der Waals surface area contributed by atoms with Gasteiger partial charge in [-0.2, -0.15) is 5.10 Å². The largest absolute Gasteiger partial charge is 0.369 e. The van der Waals surface area contributed by atoms with Crippen LogP contribution in [0.4, 0.5) is 0 Å². The molecule has 0 radical (unpaired) electrons. The number of hydrogen-bond donors (Lipinski definition) is 2. The number of alkyl halides is 1. The molecule has 0 spiro atoms. The molecule has 1 heterocycles. The molecular weight excluding hydrogens is 221 g/mol. The van der Waals surface area contributed by atoms with Gasteiger partial charge in [0.05, 0.1) is 4.43 Å². The molecule has 0 aromatic rings. The second-order valence-corrected chi connectivity index (χ2v) is 1.75. The SMILES string of the molecule is C1=NN1.NC(=O)CI. The summed E-state index contributed by atoms with van der Waals surface area (Å²) in [4.78, 5) is 9.58. The molecule has 0 bridgehead atoms. The normalized spacial score (nSPS) is 10.6. The Morgan fingerprint density at radius 3 is 2.25 bits per heavy atom. The Labute approximate surface area is 60.6 Å². The van der Waals surface area contributed by atoms with Gasteiger partial charge in [-0.3, -0.25) is 10.2 Å². The van der Waals surface area contributed by atoms with E-state index in [0.29, 0.717) is 4.43 Å². The van der Waals surface area contributed by atoms with Crippen LogP contribution in [0.5, 0.6) is 0 Å². The van der Waals surface area contributed by atoms with Gasteiger partial charge in [0.15, 0.2) is 0 Å². The zero-order valence-corrected chi connectivity index (χ0v) is 6.25. The molecule has 0 aromatic carbocycles. The van der Waals surface area contributed by atoms with Crippen molar-refractivity contribution >= 4 is 34.8 Å². The molecule has 0 fully saturated rings. The lowest BCUT2D eigenvalue weighted by Gasteiger charge is -1.71. The van der Waals surface area contributed by atoms with Gasteiger partial charge in [-0.25, -0.2) is 0 Å². The van der Waals surface area contributed by atoms with Crippen molar-refractivity contribution in [3.05, 3.63) is 0 Å². The number of nitrogens with one attached hydrogen (secondary N) is 1. The fraction of sp³-hybridized carbons (Fsp3) is 0.333. The van der Waals surface area contributed by atoms with Crippen LogP contribution in [-0.4, -0.2) is 16.7 Å². The summed E-state index contributed by atoms with van der Waals surface area (Å²) in [5.74, 6) is -0.259. The van der Waals surface area contributed by atoms with Crippen LogP contribution in [0.15, 0.2) is 5.10 Å². The number of hydrazone groups is 1. The van der Waals surface area contributed by atoms with E-state index in [1.165, 1.54) is 0 Å². The molecule has 0 atom stereocenters. The molecule has 0 unspecified atom stereocenters. The summed E-state index contributed by atoms with van der Waals surface area (Å²) in [5.41, 5.74) is 7.15. The van der Waals surface area contributed by atoms with Crippen LogP contribution >= 0.6 is 22.6 Å². The van der Waals surface area contributed by atoms with Crippen molar-refractivity contribution in [3.8, 4) is 0 Å². The van der Waals surface area contributed by atoms with Crippen molar-refractivity contribution < 1.29 is 4.79 Å². The molecule has 0 aromatic heterocycles. The minimum atomic E-state index is -0.259. The number of hydrogen-bond acceptors (Lipinski definition) is 3. The molecule has 1 rings (SSSR count). The van der Waals surface area contributed by atoms with Crippen LogP contribution in [0.25, 0.3) is 0 Å². The van der Waals surface area contributed by atoms with Crippen LogP contribution in [0, 0.1) is 0 Å². The van der Waals surface area contributed by atoms with E-state index in [-0.39, 0.29) is 5.91 Å². The highest BCUT2D eigenvalue weighted by molar-refractivity contribution is 14.1. The van der Waals surface area contributed by atoms with Gasteiger partial charge in [0.2, 0.25) is 5.91 Å². The van der Waals surface area contributed by atoms with Crippen molar-refractivity contribution in [2.45, 2.75) is 0 Å². The smallest absolute Gasteiger partial charge is 0.227 e. The number of nitrogens with zero attached hydrogens (tertiary/aromatic N) is 1. The lowest BCUT2D eigenvalue weighted by atomic mass is 10.8. The lowest BCUT2D eigenvalue weighted by Crippen LogP contribution is -2.10. The third-order valence-corrected chi connectivity index (χ3v) is 1.01. The molecule has 4 nitrogen and oxygen atoms in total. The van der Waals surface area contributed by atoms with Gasteiger partial charge < -0.3 is 5.73 Å². The Morgan fingerprint density at radius 2 is 2.25 bits per heavy atom. The first-order valence-corrected chi connectivity index (χ1v) is 3.41. The Kier molecular flexibility index (Phi) is 4.62. The Morgan fingerprint density at radius 1 is 2.00 bits per heavy atom. The Bertz CT molecular complexity index is 98.7. The summed E-state index contributed by atoms with van der Waals surface area (Å²) in [5, 5.41) is 3.38. The van der Waals surface area contributed by atoms with Crippen molar-refractivity contribution in [1.82, 2.24) is 5.43 Å². The lowest BCUT2D eigenvalue weighted by molar-refractivity contribution is -0.115. The van der Waals surface area contributed by atoms with Gasteiger partial charge in [-0.15, -0.1) is 0 Å². The molecule has 0 aliphatic carbocycles. The number of nitrogens with two attached hydrogens (primary N) is 1. The van der Waals surface area contributed by atoms with E-state index in [4.69, 9.17) is 0 Å². The van der Waals surface area contributed by atoms with Crippen LogP contribution < -0.4 is 11.2 Å². The van der Waals surface area contributed by atoms with E-state index in [9.17, 15) is 4.79 Å². The summed E-state index contributed by atoms with van der Waals surface area (Å²) in [6.07, 6.45) is 1.62. The summed E-state index contributed by atoms with van der Waals surface area (Å²) >= 11 is 1.90. The molecule has 0 saturated heterocycles. The van der Waals surface area contributed by atoms with E-state index in [1.807, 2.05) is 22.6 Å². The van der Waals surface area contributed by atoms with Gasteiger partial charge in [0.1, 0.15) is 6.34 Å². The second kappa shape index (κ2) is 4.82. The number of halogens is 1. The zero-order valence-electron chi connectivity index (χ0n) is 4.10. The molecule has 5 heteroatoms. The third kappa shape index (κ3) is 17.3. The summed E-state index contributed by atoms with van der Waals surface area (Å²) < 4.78 is 0.414. The second-order valence-electron chi connectivity index (χ2n) is 0.987. The Balaban J connectivity index is 0.000000135. The van der Waals surface area contributed by atoms with Crippen molar-refractivity contribution in [2.75, 3.05) is 4.43 Å². The number of rotatable bonds is 1. The first kappa shape index (κ1) is 7.67. The highest BCUT2D eigenvalue weighted by atomic mass is 127. The summed E-state index contributed by atoms with van der Waals surface area (Å²) in [7, 11) is 0. The first-order chi connectivity index (χ1) is 3.77. The number of carbonyl (C=O) groups is 1. The fourth-order valence-electron chi connectivity index (χ4n) is 0. The quantitative estimate of drug-likeness (QED) is 0.465. The number of amides is 1. The molecular formula is C3H6IN3O. The van der Waals surface area contributed by atoms with Gasteiger partial charge >= 0.3 is 0 Å². The standard InChI is InChI=1S/C2H4INO.CH2N2/c3-1-2(4)5;1-2-3-1/h1H2,(H2,4,5);1H,(H,2,3). The van der Waals surface area contributed by atoms with Crippen LogP contribution in [0.1, 0.15) is 0 Å². The molecule has 3 N–H and O–H groups in total. The van der Waals surface area contributed by atoms with E-state index in [0.717, 1.165) is 0 Å². The predicted octanol–water partition coefficient (Wildman–Crippen LogP) is -0.560. The van der Waals surface area contributed by atoms with Crippen molar-refractivity contribution in [3.63, 3.8) is 0 Å². The van der Waals surface area contributed by atoms with Crippen LogP contribution in [-0.2, 0) is 4.79 Å². The van der Waals surface area contributed by atoms with E-state index in [2.05, 4.69) is 16.3 Å². The van der Waals surface area contributed by atoms with Crippen LogP contribution in [0.2, 0.25) is 0 Å². The average Bonchev–Trinajstić information content (AvgIpc) is 2.48. The van der Waals surface area contributed by atoms with Gasteiger partial charge in [0.25, 0.3) is 0 Å². The zero-order chi connectivity index (χ0) is 6.41. The molecule has 46 valence electrons. The summed E-state index contributed by atoms with van der Waals surface area (Å²) in [6, 6.07) is 0. The maximum Gasteiger partial charge on any atom is 0.227 e. The van der Waals surface area contributed by atoms with E-state index in [1.54, 1.807) is 6.34 Å². The highest BCUT2D eigenvalue weighted by Gasteiger charge is 1.79. The first-order valence-electron chi connectivity index (χ1n) is 1.88. The maximum absolute atomic E-state index is 9.58. The average molecular weight is 227 g/mol. The fourth-order valence-corrected chi connectivity index (χ4v) is 0. The van der Waals surface area contributed by atoms with E-state index < -0.39 is 0 Å². The summed E-state index contributed by atoms with van der Waals surface area (Å²) in [6.45, 7) is 0. The van der Waals surface area contributed by atoms with Gasteiger partial charge in [-0.1, -0.05) is 22.6 Å². The minimum absolute atomic E-state index is 0.259. The van der Waals surface area contributed by atoms with Gasteiger partial charge in [0, 0.05) is 0 Å². The monoisotopic (exact) mass is 227 g/mol. The number of carbonyl (C=O) groups excluding carboxylic acids is 1. The molecule has 0 saturated carbocycles.